The van der Waals surface area contributed by atoms with Gasteiger partial charge in [0.25, 0.3) is 0 Å². The molecule has 0 N–H and O–H groups in total. The summed E-state index contributed by atoms with van der Waals surface area (Å²) < 4.78 is 0. The molecule has 1 atom stereocenters. The van der Waals surface area contributed by atoms with E-state index in [1.54, 1.807) is 0 Å². The number of rotatable bonds is 2. The summed E-state index contributed by atoms with van der Waals surface area (Å²) in [6.45, 7) is 9.88. The molecule has 1 aliphatic heterocycles. The van der Waals surface area contributed by atoms with E-state index in [1.807, 2.05) is 18.7 Å². The van der Waals surface area contributed by atoms with Crippen LogP contribution in [-0.2, 0) is 4.79 Å². The maximum atomic E-state index is 11.6. The third-order valence-electron chi connectivity index (χ3n) is 2.66. The van der Waals surface area contributed by atoms with E-state index < -0.39 is 0 Å². The first-order chi connectivity index (χ1) is 5.70. The Morgan fingerprint density at radius 1 is 1.33 bits per heavy atom. The SMILES string of the molecule is CCN1CCN(CC)C(C)C1=O. The molecule has 0 radical (unpaired) electrons. The highest BCUT2D eigenvalue weighted by atomic mass is 16.2. The van der Waals surface area contributed by atoms with Gasteiger partial charge in [0, 0.05) is 19.6 Å². The molecule has 0 aromatic rings. The fraction of sp³-hybridized carbons (Fsp3) is 0.889. The van der Waals surface area contributed by atoms with Crippen molar-refractivity contribution in [2.24, 2.45) is 0 Å². The van der Waals surface area contributed by atoms with Crippen molar-refractivity contribution in [3.63, 3.8) is 0 Å². The number of carbonyl (C=O) groups is 1. The lowest BCUT2D eigenvalue weighted by molar-refractivity contribution is -0.140. The largest absolute Gasteiger partial charge is 0.340 e. The summed E-state index contributed by atoms with van der Waals surface area (Å²) in [5.74, 6) is 0.283. The molecule has 0 aromatic carbocycles. The van der Waals surface area contributed by atoms with E-state index in [9.17, 15) is 4.79 Å². The highest BCUT2D eigenvalue weighted by Crippen LogP contribution is 2.09. The third kappa shape index (κ3) is 1.61. The molecule has 3 heteroatoms. The van der Waals surface area contributed by atoms with Gasteiger partial charge < -0.3 is 4.90 Å². The molecule has 1 heterocycles. The minimum Gasteiger partial charge on any atom is -0.340 e. The molecule has 1 aliphatic rings. The summed E-state index contributed by atoms with van der Waals surface area (Å²) in [6.07, 6.45) is 0. The maximum Gasteiger partial charge on any atom is 0.239 e. The highest BCUT2D eigenvalue weighted by molar-refractivity contribution is 5.82. The molecule has 1 unspecified atom stereocenters. The Hall–Kier alpha value is -0.570. The smallest absolute Gasteiger partial charge is 0.239 e. The predicted octanol–water partition coefficient (Wildman–Crippen LogP) is 0.559. The first kappa shape index (κ1) is 9.52. The summed E-state index contributed by atoms with van der Waals surface area (Å²) in [4.78, 5) is 15.8. The van der Waals surface area contributed by atoms with Crippen molar-refractivity contribution in [2.45, 2.75) is 26.8 Å². The van der Waals surface area contributed by atoms with Crippen molar-refractivity contribution >= 4 is 5.91 Å². The molecular formula is C9H18N2O. The van der Waals surface area contributed by atoms with E-state index >= 15 is 0 Å². The molecule has 0 spiro atoms. The van der Waals surface area contributed by atoms with Crippen molar-refractivity contribution in [3.05, 3.63) is 0 Å². The summed E-state index contributed by atoms with van der Waals surface area (Å²) >= 11 is 0. The Balaban J connectivity index is 2.59. The lowest BCUT2D eigenvalue weighted by atomic mass is 10.2. The van der Waals surface area contributed by atoms with Gasteiger partial charge in [0.2, 0.25) is 5.91 Å². The second-order valence-corrected chi connectivity index (χ2v) is 3.22. The average molecular weight is 170 g/mol. The van der Waals surface area contributed by atoms with Crippen LogP contribution in [0.1, 0.15) is 20.8 Å². The first-order valence-corrected chi connectivity index (χ1v) is 4.73. The predicted molar refractivity (Wildman–Crippen MR) is 49.0 cm³/mol. The molecule has 0 saturated carbocycles. The normalized spacial score (nSPS) is 26.4. The van der Waals surface area contributed by atoms with Crippen molar-refractivity contribution in [3.8, 4) is 0 Å². The molecule has 1 amide bonds. The van der Waals surface area contributed by atoms with Gasteiger partial charge in [0.1, 0.15) is 0 Å². The van der Waals surface area contributed by atoms with E-state index in [0.717, 1.165) is 26.2 Å². The number of hydrogen-bond acceptors (Lipinski definition) is 2. The van der Waals surface area contributed by atoms with E-state index in [1.165, 1.54) is 0 Å². The fourth-order valence-electron chi connectivity index (χ4n) is 1.72. The van der Waals surface area contributed by atoms with Crippen LogP contribution in [0.4, 0.5) is 0 Å². The average Bonchev–Trinajstić information content (AvgIpc) is 2.10. The molecule has 0 aromatic heterocycles. The Kier molecular flexibility index (Phi) is 3.09. The number of nitrogens with zero attached hydrogens (tertiary/aromatic N) is 2. The van der Waals surface area contributed by atoms with Gasteiger partial charge in [-0.15, -0.1) is 0 Å². The molecular weight excluding hydrogens is 152 g/mol. The standard InChI is InChI=1S/C9H18N2O/c1-4-10-6-7-11(5-2)9(12)8(10)3/h8H,4-7H2,1-3H3. The zero-order chi connectivity index (χ0) is 9.14. The van der Waals surface area contributed by atoms with Gasteiger partial charge in [-0.25, -0.2) is 0 Å². The summed E-state index contributed by atoms with van der Waals surface area (Å²) in [6, 6.07) is 0.0868. The molecule has 12 heavy (non-hydrogen) atoms. The van der Waals surface area contributed by atoms with E-state index in [-0.39, 0.29) is 11.9 Å². The minimum absolute atomic E-state index is 0.0868. The molecule has 70 valence electrons. The molecule has 1 rings (SSSR count). The Labute approximate surface area is 74.3 Å². The summed E-state index contributed by atoms with van der Waals surface area (Å²) in [5, 5.41) is 0. The monoisotopic (exact) mass is 170 g/mol. The van der Waals surface area contributed by atoms with Crippen LogP contribution >= 0.6 is 0 Å². The lowest BCUT2D eigenvalue weighted by Crippen LogP contribution is -2.55. The minimum atomic E-state index is 0.0868. The quantitative estimate of drug-likeness (QED) is 0.604. The van der Waals surface area contributed by atoms with Crippen molar-refractivity contribution in [1.82, 2.24) is 9.80 Å². The lowest BCUT2D eigenvalue weighted by Gasteiger charge is -2.38. The molecule has 0 bridgehead atoms. The van der Waals surface area contributed by atoms with Gasteiger partial charge >= 0.3 is 0 Å². The molecule has 1 fully saturated rings. The van der Waals surface area contributed by atoms with Crippen molar-refractivity contribution in [2.75, 3.05) is 26.2 Å². The summed E-state index contributed by atoms with van der Waals surface area (Å²) in [5.41, 5.74) is 0. The van der Waals surface area contributed by atoms with Gasteiger partial charge in [-0.3, -0.25) is 9.69 Å². The van der Waals surface area contributed by atoms with Crippen LogP contribution in [0.15, 0.2) is 0 Å². The molecule has 1 saturated heterocycles. The number of carbonyl (C=O) groups excluding carboxylic acids is 1. The van der Waals surface area contributed by atoms with Crippen LogP contribution in [0.5, 0.6) is 0 Å². The van der Waals surface area contributed by atoms with Crippen LogP contribution in [0.25, 0.3) is 0 Å². The van der Waals surface area contributed by atoms with Crippen LogP contribution in [0.3, 0.4) is 0 Å². The van der Waals surface area contributed by atoms with E-state index in [4.69, 9.17) is 0 Å². The zero-order valence-electron chi connectivity index (χ0n) is 8.21. The van der Waals surface area contributed by atoms with Crippen LogP contribution in [0.2, 0.25) is 0 Å². The third-order valence-corrected chi connectivity index (χ3v) is 2.66. The first-order valence-electron chi connectivity index (χ1n) is 4.73. The number of hydrogen-bond donors (Lipinski definition) is 0. The van der Waals surface area contributed by atoms with E-state index in [2.05, 4.69) is 11.8 Å². The van der Waals surface area contributed by atoms with Crippen LogP contribution in [0, 0.1) is 0 Å². The second-order valence-electron chi connectivity index (χ2n) is 3.22. The van der Waals surface area contributed by atoms with Crippen molar-refractivity contribution < 1.29 is 4.79 Å². The number of amides is 1. The van der Waals surface area contributed by atoms with E-state index in [0.29, 0.717) is 0 Å². The second kappa shape index (κ2) is 3.90. The van der Waals surface area contributed by atoms with Gasteiger partial charge in [0.15, 0.2) is 0 Å². The number of likely N-dealkylation sites (N-methyl/N-ethyl adjacent to an activating group) is 2. The van der Waals surface area contributed by atoms with Gasteiger partial charge in [-0.1, -0.05) is 6.92 Å². The fourth-order valence-corrected chi connectivity index (χ4v) is 1.72. The van der Waals surface area contributed by atoms with Crippen LogP contribution in [-0.4, -0.2) is 47.9 Å². The summed E-state index contributed by atoms with van der Waals surface area (Å²) in [7, 11) is 0. The zero-order valence-corrected chi connectivity index (χ0v) is 8.21. The van der Waals surface area contributed by atoms with Gasteiger partial charge in [0.05, 0.1) is 6.04 Å². The Morgan fingerprint density at radius 3 is 2.50 bits per heavy atom. The molecule has 0 aliphatic carbocycles. The highest BCUT2D eigenvalue weighted by Gasteiger charge is 2.28. The van der Waals surface area contributed by atoms with Crippen LogP contribution < -0.4 is 0 Å². The number of piperazine rings is 1. The molecule has 3 nitrogen and oxygen atoms in total. The Bertz CT molecular complexity index is 170. The maximum absolute atomic E-state index is 11.6. The van der Waals surface area contributed by atoms with Crippen molar-refractivity contribution in [1.29, 1.82) is 0 Å². The van der Waals surface area contributed by atoms with Gasteiger partial charge in [-0.05, 0) is 20.4 Å². The topological polar surface area (TPSA) is 23.6 Å². The Morgan fingerprint density at radius 2 is 2.00 bits per heavy atom. The van der Waals surface area contributed by atoms with Gasteiger partial charge in [-0.2, -0.15) is 0 Å².